The van der Waals surface area contributed by atoms with Crippen molar-refractivity contribution in [3.63, 3.8) is 0 Å². The van der Waals surface area contributed by atoms with Crippen molar-refractivity contribution in [3.05, 3.63) is 23.3 Å². The Hall–Kier alpha value is -1.55. The molecule has 1 aromatic rings. The van der Waals surface area contributed by atoms with Crippen LogP contribution in [-0.4, -0.2) is 18.6 Å². The maximum absolute atomic E-state index is 12.2. The van der Waals surface area contributed by atoms with E-state index in [1.54, 1.807) is 0 Å². The molecule has 0 aromatic heterocycles. The van der Waals surface area contributed by atoms with Crippen LogP contribution >= 0.6 is 0 Å². The number of carbonyl (C=O) groups is 1. The van der Waals surface area contributed by atoms with Gasteiger partial charge in [0.2, 0.25) is 5.91 Å². The van der Waals surface area contributed by atoms with E-state index >= 15 is 0 Å². The molecular formula is C14H20N2O2. The van der Waals surface area contributed by atoms with Gasteiger partial charge < -0.3 is 15.8 Å². The number of rotatable bonds is 2. The van der Waals surface area contributed by atoms with Gasteiger partial charge >= 0.3 is 0 Å². The van der Waals surface area contributed by atoms with Crippen molar-refractivity contribution in [2.24, 2.45) is 5.92 Å². The number of benzene rings is 1. The largest absolute Gasteiger partial charge is 0.399 e. The fourth-order valence-corrected chi connectivity index (χ4v) is 2.27. The molecule has 1 aliphatic rings. The Morgan fingerprint density at radius 2 is 2.11 bits per heavy atom. The lowest BCUT2D eigenvalue weighted by Gasteiger charge is -2.16. The highest BCUT2D eigenvalue weighted by atomic mass is 16.5. The van der Waals surface area contributed by atoms with Crippen molar-refractivity contribution in [3.8, 4) is 0 Å². The molecule has 3 N–H and O–H groups in total. The van der Waals surface area contributed by atoms with Crippen LogP contribution in [0.2, 0.25) is 0 Å². The van der Waals surface area contributed by atoms with Crippen LogP contribution in [0.4, 0.5) is 11.4 Å². The smallest absolute Gasteiger partial charge is 0.230 e. The fraction of sp³-hybridized carbons (Fsp3) is 0.500. The first kappa shape index (κ1) is 12.9. The third kappa shape index (κ3) is 2.48. The van der Waals surface area contributed by atoms with Gasteiger partial charge in [0, 0.05) is 18.0 Å². The summed E-state index contributed by atoms with van der Waals surface area (Å²) < 4.78 is 5.42. The average Bonchev–Trinajstić information content (AvgIpc) is 2.72. The lowest BCUT2D eigenvalue weighted by molar-refractivity contribution is -0.121. The summed E-state index contributed by atoms with van der Waals surface area (Å²) in [5.41, 5.74) is 9.39. The van der Waals surface area contributed by atoms with Crippen molar-refractivity contribution < 1.29 is 9.53 Å². The number of nitrogens with one attached hydrogen (secondary N) is 1. The van der Waals surface area contributed by atoms with Crippen molar-refractivity contribution in [2.45, 2.75) is 33.3 Å². The van der Waals surface area contributed by atoms with Crippen LogP contribution in [0.15, 0.2) is 12.1 Å². The molecule has 0 spiro atoms. The lowest BCUT2D eigenvalue weighted by Crippen LogP contribution is -2.28. The summed E-state index contributed by atoms with van der Waals surface area (Å²) in [5, 5.41) is 2.98. The van der Waals surface area contributed by atoms with Gasteiger partial charge in [0.05, 0.1) is 12.0 Å². The first-order chi connectivity index (χ1) is 8.49. The summed E-state index contributed by atoms with van der Waals surface area (Å²) in [6, 6.07) is 3.81. The van der Waals surface area contributed by atoms with Crippen LogP contribution in [0.1, 0.15) is 24.5 Å². The summed E-state index contributed by atoms with van der Waals surface area (Å²) >= 11 is 0. The minimum atomic E-state index is -0.0535. The molecule has 1 amide bonds. The number of hydrogen-bond donors (Lipinski definition) is 2. The van der Waals surface area contributed by atoms with E-state index in [9.17, 15) is 4.79 Å². The SMILES string of the molecule is Cc1cc(NC(=O)C2CCOC2C)c(C)cc1N. The zero-order valence-corrected chi connectivity index (χ0v) is 11.1. The summed E-state index contributed by atoms with van der Waals surface area (Å²) in [7, 11) is 0. The number of ether oxygens (including phenoxy) is 1. The van der Waals surface area contributed by atoms with Gasteiger partial charge in [-0.05, 0) is 50.5 Å². The zero-order valence-electron chi connectivity index (χ0n) is 11.1. The summed E-state index contributed by atoms with van der Waals surface area (Å²) in [6.07, 6.45) is 0.792. The molecule has 1 aromatic carbocycles. The molecule has 1 aliphatic heterocycles. The Balaban J connectivity index is 2.14. The summed E-state index contributed by atoms with van der Waals surface area (Å²) in [4.78, 5) is 12.2. The zero-order chi connectivity index (χ0) is 13.3. The summed E-state index contributed by atoms with van der Waals surface area (Å²) in [5.74, 6) is -0.0190. The monoisotopic (exact) mass is 248 g/mol. The van der Waals surface area contributed by atoms with E-state index in [1.807, 2.05) is 32.9 Å². The van der Waals surface area contributed by atoms with Crippen molar-refractivity contribution in [1.82, 2.24) is 0 Å². The number of carbonyl (C=O) groups excluding carboxylic acids is 1. The van der Waals surface area contributed by atoms with E-state index in [0.29, 0.717) is 6.61 Å². The van der Waals surface area contributed by atoms with Crippen LogP contribution < -0.4 is 11.1 Å². The standard InChI is InChI=1S/C14H20N2O2/c1-8-7-13(9(2)6-12(8)15)16-14(17)11-4-5-18-10(11)3/h6-7,10-11H,4-5,15H2,1-3H3,(H,16,17). The quantitative estimate of drug-likeness (QED) is 0.789. The average molecular weight is 248 g/mol. The van der Waals surface area contributed by atoms with E-state index in [4.69, 9.17) is 10.5 Å². The number of nitrogens with two attached hydrogens (primary N) is 1. The van der Waals surface area contributed by atoms with Crippen molar-refractivity contribution >= 4 is 17.3 Å². The molecule has 4 nitrogen and oxygen atoms in total. The van der Waals surface area contributed by atoms with Crippen LogP contribution in [-0.2, 0) is 9.53 Å². The lowest BCUT2D eigenvalue weighted by atomic mass is 10.0. The second-order valence-corrected chi connectivity index (χ2v) is 4.98. The fourth-order valence-electron chi connectivity index (χ4n) is 2.27. The molecule has 0 aliphatic carbocycles. The van der Waals surface area contributed by atoms with Crippen LogP contribution in [0.25, 0.3) is 0 Å². The van der Waals surface area contributed by atoms with Crippen molar-refractivity contribution in [1.29, 1.82) is 0 Å². The van der Waals surface area contributed by atoms with Crippen LogP contribution in [0, 0.1) is 19.8 Å². The molecule has 4 heteroatoms. The van der Waals surface area contributed by atoms with Gasteiger partial charge in [0.25, 0.3) is 0 Å². The minimum absolute atomic E-state index is 0.000171. The predicted octanol–water partition coefficient (Wildman–Crippen LogP) is 2.25. The van der Waals surface area contributed by atoms with Gasteiger partial charge in [-0.3, -0.25) is 4.79 Å². The molecule has 0 radical (unpaired) electrons. The number of nitrogen functional groups attached to an aromatic ring is 1. The van der Waals surface area contributed by atoms with Gasteiger partial charge in [0.15, 0.2) is 0 Å². The van der Waals surface area contributed by atoms with E-state index in [1.165, 1.54) is 0 Å². The number of amides is 1. The first-order valence-corrected chi connectivity index (χ1v) is 6.28. The van der Waals surface area contributed by atoms with Crippen LogP contribution in [0.5, 0.6) is 0 Å². The van der Waals surface area contributed by atoms with Gasteiger partial charge in [-0.25, -0.2) is 0 Å². The predicted molar refractivity (Wildman–Crippen MR) is 72.5 cm³/mol. The molecular weight excluding hydrogens is 228 g/mol. The topological polar surface area (TPSA) is 64.3 Å². The Morgan fingerprint density at radius 3 is 2.72 bits per heavy atom. The van der Waals surface area contributed by atoms with Crippen LogP contribution in [0.3, 0.4) is 0 Å². The highest BCUT2D eigenvalue weighted by Gasteiger charge is 2.30. The molecule has 2 rings (SSSR count). The molecule has 18 heavy (non-hydrogen) atoms. The minimum Gasteiger partial charge on any atom is -0.399 e. The van der Waals surface area contributed by atoms with Gasteiger partial charge in [-0.15, -0.1) is 0 Å². The molecule has 2 unspecified atom stereocenters. The molecule has 0 saturated carbocycles. The van der Waals surface area contributed by atoms with E-state index < -0.39 is 0 Å². The molecule has 2 atom stereocenters. The number of hydrogen-bond acceptors (Lipinski definition) is 3. The Morgan fingerprint density at radius 1 is 1.39 bits per heavy atom. The number of anilines is 2. The second kappa shape index (κ2) is 4.98. The van der Waals surface area contributed by atoms with Gasteiger partial charge in [0.1, 0.15) is 0 Å². The summed E-state index contributed by atoms with van der Waals surface area (Å²) in [6.45, 7) is 6.49. The normalized spacial score (nSPS) is 23.1. The molecule has 1 saturated heterocycles. The maximum atomic E-state index is 12.2. The first-order valence-electron chi connectivity index (χ1n) is 6.28. The van der Waals surface area contributed by atoms with Gasteiger partial charge in [-0.1, -0.05) is 0 Å². The Bertz CT molecular complexity index is 471. The third-order valence-electron chi connectivity index (χ3n) is 3.58. The van der Waals surface area contributed by atoms with E-state index in [0.717, 1.165) is 28.9 Å². The molecule has 1 fully saturated rings. The van der Waals surface area contributed by atoms with E-state index in [-0.39, 0.29) is 17.9 Å². The second-order valence-electron chi connectivity index (χ2n) is 4.98. The van der Waals surface area contributed by atoms with Crippen molar-refractivity contribution in [2.75, 3.05) is 17.7 Å². The molecule has 0 bridgehead atoms. The molecule has 1 heterocycles. The van der Waals surface area contributed by atoms with Gasteiger partial charge in [-0.2, -0.15) is 0 Å². The third-order valence-corrected chi connectivity index (χ3v) is 3.58. The highest BCUT2D eigenvalue weighted by Crippen LogP contribution is 2.25. The Labute approximate surface area is 108 Å². The number of aryl methyl sites for hydroxylation is 2. The Kier molecular flexibility index (Phi) is 3.57. The van der Waals surface area contributed by atoms with E-state index in [2.05, 4.69) is 5.32 Å². The molecule has 98 valence electrons. The highest BCUT2D eigenvalue weighted by molar-refractivity contribution is 5.94. The maximum Gasteiger partial charge on any atom is 0.230 e.